The van der Waals surface area contributed by atoms with Gasteiger partial charge in [0.15, 0.2) is 11.5 Å². The number of aromatic nitrogens is 2. The molecule has 2 unspecified atom stereocenters. The van der Waals surface area contributed by atoms with Crippen molar-refractivity contribution in [2.45, 2.75) is 45.6 Å². The third-order valence-electron chi connectivity index (χ3n) is 3.90. The number of carboxylic acid groups (broad SMARTS) is 1. The fraction of sp³-hybridized carbons (Fsp3) is 0.643. The molecule has 0 bridgehead atoms. The van der Waals surface area contributed by atoms with E-state index >= 15 is 0 Å². The van der Waals surface area contributed by atoms with Gasteiger partial charge in [0, 0.05) is 18.4 Å². The van der Waals surface area contributed by atoms with Crippen LogP contribution in [0.4, 0.5) is 5.82 Å². The van der Waals surface area contributed by atoms with Gasteiger partial charge in [-0.1, -0.05) is 26.7 Å². The van der Waals surface area contributed by atoms with Gasteiger partial charge in [-0.2, -0.15) is 0 Å². The molecule has 1 aliphatic rings. The molecule has 0 aromatic carbocycles. The van der Waals surface area contributed by atoms with E-state index < -0.39 is 5.97 Å². The number of nitrogens with one attached hydrogen (secondary N) is 1. The molecule has 5 heteroatoms. The zero-order valence-electron chi connectivity index (χ0n) is 11.5. The zero-order valence-corrected chi connectivity index (χ0v) is 11.5. The van der Waals surface area contributed by atoms with Crippen molar-refractivity contribution in [3.05, 3.63) is 18.1 Å². The maximum Gasteiger partial charge on any atom is 0.358 e. The van der Waals surface area contributed by atoms with Gasteiger partial charge >= 0.3 is 5.97 Å². The van der Waals surface area contributed by atoms with Gasteiger partial charge in [-0.25, -0.2) is 14.8 Å². The number of nitrogens with zero attached hydrogens (tertiary/aromatic N) is 2. The number of aromatic carboxylic acids is 1. The number of anilines is 1. The Morgan fingerprint density at radius 1 is 1.32 bits per heavy atom. The number of hydrogen-bond acceptors (Lipinski definition) is 4. The first-order valence-corrected chi connectivity index (χ1v) is 6.90. The van der Waals surface area contributed by atoms with Crippen molar-refractivity contribution in [1.29, 1.82) is 0 Å². The van der Waals surface area contributed by atoms with Crippen LogP contribution in [0.2, 0.25) is 0 Å². The first-order valence-electron chi connectivity index (χ1n) is 6.90. The molecule has 1 aromatic heterocycles. The SMILES string of the molecule is CC(C)C1CCCCC1Nc1nccnc1C(=O)O. The van der Waals surface area contributed by atoms with Crippen LogP contribution in [0.15, 0.2) is 12.4 Å². The summed E-state index contributed by atoms with van der Waals surface area (Å²) in [5.41, 5.74) is 0.00980. The average Bonchev–Trinajstić information content (AvgIpc) is 2.39. The van der Waals surface area contributed by atoms with Crippen molar-refractivity contribution in [3.63, 3.8) is 0 Å². The van der Waals surface area contributed by atoms with Crippen molar-refractivity contribution in [1.82, 2.24) is 9.97 Å². The summed E-state index contributed by atoms with van der Waals surface area (Å²) in [5, 5.41) is 12.4. The van der Waals surface area contributed by atoms with E-state index in [9.17, 15) is 4.79 Å². The lowest BCUT2D eigenvalue weighted by Gasteiger charge is -2.35. The Hall–Kier alpha value is -1.65. The predicted molar refractivity (Wildman–Crippen MR) is 73.2 cm³/mol. The van der Waals surface area contributed by atoms with E-state index in [0.29, 0.717) is 23.7 Å². The Morgan fingerprint density at radius 2 is 2.00 bits per heavy atom. The minimum absolute atomic E-state index is 0.00980. The quantitative estimate of drug-likeness (QED) is 0.873. The van der Waals surface area contributed by atoms with Crippen LogP contribution in [-0.2, 0) is 0 Å². The molecule has 2 rings (SSSR count). The predicted octanol–water partition coefficient (Wildman–Crippen LogP) is 2.80. The summed E-state index contributed by atoms with van der Waals surface area (Å²) in [6.45, 7) is 4.44. The molecule has 1 aromatic rings. The molecule has 1 heterocycles. The minimum Gasteiger partial charge on any atom is -0.476 e. The molecule has 2 N–H and O–H groups in total. The van der Waals surface area contributed by atoms with Gasteiger partial charge in [0.1, 0.15) is 0 Å². The molecule has 1 aliphatic carbocycles. The summed E-state index contributed by atoms with van der Waals surface area (Å²) in [6.07, 6.45) is 7.64. The molecular weight excluding hydrogens is 242 g/mol. The Morgan fingerprint density at radius 3 is 2.68 bits per heavy atom. The van der Waals surface area contributed by atoms with E-state index in [1.165, 1.54) is 31.7 Å². The number of rotatable bonds is 4. The van der Waals surface area contributed by atoms with Crippen molar-refractivity contribution >= 4 is 11.8 Å². The molecule has 0 amide bonds. The van der Waals surface area contributed by atoms with Crippen LogP contribution >= 0.6 is 0 Å². The summed E-state index contributed by atoms with van der Waals surface area (Å²) in [5.74, 6) is 0.514. The van der Waals surface area contributed by atoms with E-state index in [2.05, 4.69) is 29.1 Å². The van der Waals surface area contributed by atoms with Gasteiger partial charge in [0.25, 0.3) is 0 Å². The second-order valence-electron chi connectivity index (χ2n) is 5.50. The lowest BCUT2D eigenvalue weighted by molar-refractivity contribution is 0.0691. The van der Waals surface area contributed by atoms with Crippen LogP contribution in [0.3, 0.4) is 0 Å². The molecule has 0 aliphatic heterocycles. The normalized spacial score (nSPS) is 23.3. The van der Waals surface area contributed by atoms with Crippen LogP contribution < -0.4 is 5.32 Å². The van der Waals surface area contributed by atoms with E-state index in [1.54, 1.807) is 0 Å². The molecule has 0 radical (unpaired) electrons. The largest absolute Gasteiger partial charge is 0.476 e. The maximum atomic E-state index is 11.1. The lowest BCUT2D eigenvalue weighted by Crippen LogP contribution is -2.36. The van der Waals surface area contributed by atoms with Crippen molar-refractivity contribution in [2.24, 2.45) is 11.8 Å². The molecule has 104 valence electrons. The summed E-state index contributed by atoms with van der Waals surface area (Å²) in [4.78, 5) is 19.2. The minimum atomic E-state index is -1.03. The Kier molecular flexibility index (Phi) is 4.35. The van der Waals surface area contributed by atoms with Gasteiger partial charge in [0.05, 0.1) is 0 Å². The van der Waals surface area contributed by atoms with Crippen molar-refractivity contribution in [3.8, 4) is 0 Å². The number of hydrogen-bond donors (Lipinski definition) is 2. The number of carbonyl (C=O) groups is 1. The Bertz CT molecular complexity index is 448. The van der Waals surface area contributed by atoms with Crippen LogP contribution in [0, 0.1) is 11.8 Å². The second-order valence-corrected chi connectivity index (χ2v) is 5.50. The third-order valence-corrected chi connectivity index (χ3v) is 3.90. The Labute approximate surface area is 113 Å². The van der Waals surface area contributed by atoms with Crippen LogP contribution in [0.5, 0.6) is 0 Å². The molecule has 2 atom stereocenters. The molecule has 19 heavy (non-hydrogen) atoms. The maximum absolute atomic E-state index is 11.1. The highest BCUT2D eigenvalue weighted by atomic mass is 16.4. The monoisotopic (exact) mass is 263 g/mol. The van der Waals surface area contributed by atoms with E-state index in [1.807, 2.05) is 0 Å². The smallest absolute Gasteiger partial charge is 0.358 e. The Balaban J connectivity index is 2.17. The third kappa shape index (κ3) is 3.22. The molecule has 0 spiro atoms. The van der Waals surface area contributed by atoms with Crippen LogP contribution in [0.1, 0.15) is 50.0 Å². The van der Waals surface area contributed by atoms with Gasteiger partial charge in [0.2, 0.25) is 0 Å². The van der Waals surface area contributed by atoms with Crippen molar-refractivity contribution in [2.75, 3.05) is 5.32 Å². The van der Waals surface area contributed by atoms with E-state index in [-0.39, 0.29) is 5.69 Å². The van der Waals surface area contributed by atoms with Gasteiger partial charge in [-0.15, -0.1) is 0 Å². The first-order chi connectivity index (χ1) is 9.09. The van der Waals surface area contributed by atoms with Gasteiger partial charge in [-0.3, -0.25) is 0 Å². The summed E-state index contributed by atoms with van der Waals surface area (Å²) < 4.78 is 0. The van der Waals surface area contributed by atoms with Gasteiger partial charge in [-0.05, 0) is 24.7 Å². The fourth-order valence-electron chi connectivity index (χ4n) is 2.91. The van der Waals surface area contributed by atoms with Crippen LogP contribution in [0.25, 0.3) is 0 Å². The summed E-state index contributed by atoms with van der Waals surface area (Å²) in [6, 6.07) is 0.295. The molecule has 1 fully saturated rings. The number of carboxylic acids is 1. The highest BCUT2D eigenvalue weighted by Crippen LogP contribution is 2.32. The fourth-order valence-corrected chi connectivity index (χ4v) is 2.91. The van der Waals surface area contributed by atoms with Gasteiger partial charge < -0.3 is 10.4 Å². The topological polar surface area (TPSA) is 75.1 Å². The first kappa shape index (κ1) is 13.8. The summed E-state index contributed by atoms with van der Waals surface area (Å²) >= 11 is 0. The molecule has 1 saturated carbocycles. The summed E-state index contributed by atoms with van der Waals surface area (Å²) in [7, 11) is 0. The highest BCUT2D eigenvalue weighted by molar-refractivity contribution is 5.90. The zero-order chi connectivity index (χ0) is 13.8. The standard InChI is InChI=1S/C14H21N3O2/c1-9(2)10-5-3-4-6-11(10)17-13-12(14(18)19)15-7-8-16-13/h7-11H,3-6H2,1-2H3,(H,16,17)(H,18,19). The van der Waals surface area contributed by atoms with Crippen LogP contribution in [-0.4, -0.2) is 27.1 Å². The second kappa shape index (κ2) is 5.99. The van der Waals surface area contributed by atoms with Crippen molar-refractivity contribution < 1.29 is 9.90 Å². The van der Waals surface area contributed by atoms with E-state index in [0.717, 1.165) is 6.42 Å². The average molecular weight is 263 g/mol. The lowest BCUT2D eigenvalue weighted by atomic mass is 9.78. The highest BCUT2D eigenvalue weighted by Gasteiger charge is 2.28. The molecule has 0 saturated heterocycles. The molecule has 5 nitrogen and oxygen atoms in total. The van der Waals surface area contributed by atoms with E-state index in [4.69, 9.17) is 5.11 Å². The molecular formula is C14H21N3O2.